The van der Waals surface area contributed by atoms with E-state index >= 15 is 0 Å². The average molecular weight is 352 g/mol. The van der Waals surface area contributed by atoms with Gasteiger partial charge in [-0.3, -0.25) is 24.4 Å². The normalized spacial score (nSPS) is 15.6. The number of aromatic nitrogens is 1. The molecule has 1 aromatic heterocycles. The van der Waals surface area contributed by atoms with Gasteiger partial charge in [0.1, 0.15) is 0 Å². The number of carbonyl (C=O) groups excluding carboxylic acids is 2. The van der Waals surface area contributed by atoms with E-state index in [-0.39, 0.29) is 11.7 Å². The molecule has 0 atom stereocenters. The fraction of sp³-hybridized carbons (Fsp3) is 0.350. The molecule has 1 aliphatic heterocycles. The first kappa shape index (κ1) is 18.2. The second-order valence-corrected chi connectivity index (χ2v) is 6.60. The minimum Gasteiger partial charge on any atom is -0.325 e. The van der Waals surface area contributed by atoms with Gasteiger partial charge in [0.15, 0.2) is 5.78 Å². The molecule has 1 fully saturated rings. The third-order valence-electron chi connectivity index (χ3n) is 4.54. The van der Waals surface area contributed by atoms with Crippen LogP contribution in [-0.2, 0) is 11.3 Å². The number of amides is 1. The lowest BCUT2D eigenvalue weighted by Crippen LogP contribution is -2.48. The van der Waals surface area contributed by atoms with Gasteiger partial charge in [0.05, 0.1) is 6.54 Å². The van der Waals surface area contributed by atoms with Crippen LogP contribution in [0.5, 0.6) is 0 Å². The van der Waals surface area contributed by atoms with Gasteiger partial charge >= 0.3 is 0 Å². The number of nitrogens with zero attached hydrogens (tertiary/aromatic N) is 3. The highest BCUT2D eigenvalue weighted by atomic mass is 16.2. The van der Waals surface area contributed by atoms with E-state index in [4.69, 9.17) is 0 Å². The Morgan fingerprint density at radius 3 is 2.35 bits per heavy atom. The molecule has 6 heteroatoms. The van der Waals surface area contributed by atoms with Gasteiger partial charge in [0.2, 0.25) is 5.91 Å². The quantitative estimate of drug-likeness (QED) is 0.806. The van der Waals surface area contributed by atoms with E-state index < -0.39 is 0 Å². The smallest absolute Gasteiger partial charge is 0.238 e. The van der Waals surface area contributed by atoms with E-state index in [0.29, 0.717) is 12.1 Å². The minimum atomic E-state index is -0.0266. The molecule has 0 unspecified atom stereocenters. The number of hydrogen-bond donors (Lipinski definition) is 1. The summed E-state index contributed by atoms with van der Waals surface area (Å²) in [6.45, 7) is 6.44. The van der Waals surface area contributed by atoms with E-state index in [2.05, 4.69) is 26.2 Å². The summed E-state index contributed by atoms with van der Waals surface area (Å²) in [6, 6.07) is 11.0. The van der Waals surface area contributed by atoms with Crippen molar-refractivity contribution in [3.8, 4) is 0 Å². The van der Waals surface area contributed by atoms with E-state index in [0.717, 1.165) is 38.4 Å². The lowest BCUT2D eigenvalue weighted by atomic mass is 10.1. The minimum absolute atomic E-state index is 0.0204. The molecule has 1 amide bonds. The van der Waals surface area contributed by atoms with Crippen molar-refractivity contribution in [2.75, 3.05) is 38.0 Å². The molecule has 0 spiro atoms. The highest BCUT2D eigenvalue weighted by Gasteiger charge is 2.19. The third-order valence-corrected chi connectivity index (χ3v) is 4.54. The molecule has 2 aromatic rings. The summed E-state index contributed by atoms with van der Waals surface area (Å²) in [5.41, 5.74) is 2.58. The number of carbonyl (C=O) groups is 2. The maximum Gasteiger partial charge on any atom is 0.238 e. The maximum absolute atomic E-state index is 12.2. The fourth-order valence-corrected chi connectivity index (χ4v) is 3.05. The zero-order valence-corrected chi connectivity index (χ0v) is 15.0. The second-order valence-electron chi connectivity index (χ2n) is 6.60. The van der Waals surface area contributed by atoms with Gasteiger partial charge in [0, 0.05) is 56.4 Å². The molecule has 3 rings (SSSR count). The third kappa shape index (κ3) is 5.21. The number of rotatable bonds is 6. The number of pyridine rings is 1. The van der Waals surface area contributed by atoms with Crippen LogP contribution < -0.4 is 5.32 Å². The van der Waals surface area contributed by atoms with Gasteiger partial charge in [-0.2, -0.15) is 0 Å². The summed E-state index contributed by atoms with van der Waals surface area (Å²) in [6.07, 6.45) is 3.69. The zero-order valence-electron chi connectivity index (χ0n) is 15.0. The lowest BCUT2D eigenvalue weighted by Gasteiger charge is -2.34. The number of hydrogen-bond acceptors (Lipinski definition) is 5. The average Bonchev–Trinajstić information content (AvgIpc) is 2.64. The number of benzene rings is 1. The van der Waals surface area contributed by atoms with Crippen molar-refractivity contribution >= 4 is 17.4 Å². The molecule has 0 bridgehead atoms. The summed E-state index contributed by atoms with van der Waals surface area (Å²) in [5, 5.41) is 2.89. The van der Waals surface area contributed by atoms with E-state index in [1.54, 1.807) is 30.5 Å². The summed E-state index contributed by atoms with van der Waals surface area (Å²) in [5.74, 6) is -0.00619. The van der Waals surface area contributed by atoms with Crippen LogP contribution in [-0.4, -0.2) is 59.2 Å². The predicted octanol–water partition coefficient (Wildman–Crippen LogP) is 2.04. The van der Waals surface area contributed by atoms with Crippen LogP contribution in [0.3, 0.4) is 0 Å². The van der Waals surface area contributed by atoms with Gasteiger partial charge in [-0.05, 0) is 42.8 Å². The molecular weight excluding hydrogens is 328 g/mol. The van der Waals surface area contributed by atoms with Crippen LogP contribution >= 0.6 is 0 Å². The maximum atomic E-state index is 12.2. The summed E-state index contributed by atoms with van der Waals surface area (Å²) in [7, 11) is 0. The largest absolute Gasteiger partial charge is 0.325 e. The molecule has 0 radical (unpaired) electrons. The van der Waals surface area contributed by atoms with Gasteiger partial charge in [0.25, 0.3) is 0 Å². The summed E-state index contributed by atoms with van der Waals surface area (Å²) in [4.78, 5) is 32.2. The van der Waals surface area contributed by atoms with Crippen LogP contribution in [0.1, 0.15) is 22.8 Å². The second kappa shape index (κ2) is 8.69. The molecule has 0 aliphatic carbocycles. The van der Waals surface area contributed by atoms with Crippen LogP contribution in [0.2, 0.25) is 0 Å². The van der Waals surface area contributed by atoms with Crippen molar-refractivity contribution in [3.05, 3.63) is 59.9 Å². The standard InChI is InChI=1S/C20H24N4O2/c1-16(25)18-4-6-19(7-5-18)22-20(26)15-24-11-9-23(10-12-24)14-17-3-2-8-21-13-17/h2-8,13H,9-12,14-15H2,1H3,(H,22,26). The fourth-order valence-electron chi connectivity index (χ4n) is 3.05. The predicted molar refractivity (Wildman–Crippen MR) is 101 cm³/mol. The number of Topliss-reactive ketones (excluding diaryl/α,β-unsaturated/α-hetero) is 1. The van der Waals surface area contributed by atoms with E-state index in [1.165, 1.54) is 12.5 Å². The molecule has 1 aromatic carbocycles. The highest BCUT2D eigenvalue weighted by molar-refractivity contribution is 5.96. The molecule has 26 heavy (non-hydrogen) atoms. The van der Waals surface area contributed by atoms with Crippen LogP contribution in [0, 0.1) is 0 Å². The van der Waals surface area contributed by atoms with Crippen molar-refractivity contribution in [1.82, 2.24) is 14.8 Å². The monoisotopic (exact) mass is 352 g/mol. The summed E-state index contributed by atoms with van der Waals surface area (Å²) >= 11 is 0. The number of piperazine rings is 1. The lowest BCUT2D eigenvalue weighted by molar-refractivity contribution is -0.117. The molecule has 1 saturated heterocycles. The van der Waals surface area contributed by atoms with Crippen molar-refractivity contribution in [2.45, 2.75) is 13.5 Å². The Hall–Kier alpha value is -2.57. The van der Waals surface area contributed by atoms with Crippen molar-refractivity contribution in [1.29, 1.82) is 0 Å². The molecule has 1 N–H and O–H groups in total. The van der Waals surface area contributed by atoms with Crippen LogP contribution in [0.4, 0.5) is 5.69 Å². The SMILES string of the molecule is CC(=O)c1ccc(NC(=O)CN2CCN(Cc3cccnc3)CC2)cc1. The Morgan fingerprint density at radius 1 is 1.04 bits per heavy atom. The van der Waals surface area contributed by atoms with Gasteiger partial charge in [-0.15, -0.1) is 0 Å². The summed E-state index contributed by atoms with van der Waals surface area (Å²) < 4.78 is 0. The number of ketones is 1. The molecule has 0 saturated carbocycles. The number of nitrogens with one attached hydrogen (secondary N) is 1. The number of anilines is 1. The molecular formula is C20H24N4O2. The zero-order chi connectivity index (χ0) is 18.4. The van der Waals surface area contributed by atoms with Crippen molar-refractivity contribution < 1.29 is 9.59 Å². The Bertz CT molecular complexity index is 738. The first-order valence-corrected chi connectivity index (χ1v) is 8.84. The molecule has 136 valence electrons. The Morgan fingerprint density at radius 2 is 1.73 bits per heavy atom. The molecule has 1 aliphatic rings. The van der Waals surface area contributed by atoms with Crippen molar-refractivity contribution in [3.63, 3.8) is 0 Å². The van der Waals surface area contributed by atoms with Crippen LogP contribution in [0.15, 0.2) is 48.8 Å². The van der Waals surface area contributed by atoms with Crippen molar-refractivity contribution in [2.24, 2.45) is 0 Å². The first-order valence-electron chi connectivity index (χ1n) is 8.84. The first-order chi connectivity index (χ1) is 12.6. The molecule has 2 heterocycles. The van der Waals surface area contributed by atoms with Gasteiger partial charge in [-0.25, -0.2) is 0 Å². The van der Waals surface area contributed by atoms with E-state index in [9.17, 15) is 9.59 Å². The molecule has 6 nitrogen and oxygen atoms in total. The topological polar surface area (TPSA) is 65.5 Å². The van der Waals surface area contributed by atoms with E-state index in [1.807, 2.05) is 12.3 Å². The van der Waals surface area contributed by atoms with Gasteiger partial charge in [-0.1, -0.05) is 6.07 Å². The Kier molecular flexibility index (Phi) is 6.09. The van der Waals surface area contributed by atoms with Crippen LogP contribution in [0.25, 0.3) is 0 Å². The Labute approximate surface area is 153 Å². The highest BCUT2D eigenvalue weighted by Crippen LogP contribution is 2.11. The van der Waals surface area contributed by atoms with Gasteiger partial charge < -0.3 is 5.32 Å². The Balaban J connectivity index is 1.42.